The molecule has 0 radical (unpaired) electrons. The summed E-state index contributed by atoms with van der Waals surface area (Å²) >= 11 is 0. The number of fused-ring (bicyclic) bond motifs is 1. The number of rotatable bonds is 4. The van der Waals surface area contributed by atoms with Crippen LogP contribution in [0, 0.1) is 0 Å². The zero-order chi connectivity index (χ0) is 13.2. The van der Waals surface area contributed by atoms with Gasteiger partial charge in [-0.3, -0.25) is 0 Å². The predicted molar refractivity (Wildman–Crippen MR) is 72.8 cm³/mol. The van der Waals surface area contributed by atoms with E-state index in [1.165, 1.54) is 0 Å². The van der Waals surface area contributed by atoms with E-state index in [0.717, 1.165) is 10.8 Å². The molecule has 0 saturated carbocycles. The average Bonchev–Trinajstić information content (AvgIpc) is 2.36. The molecule has 0 saturated heterocycles. The summed E-state index contributed by atoms with van der Waals surface area (Å²) < 4.78 is 26.5. The van der Waals surface area contributed by atoms with Crippen LogP contribution in [0.4, 0.5) is 0 Å². The third-order valence-corrected chi connectivity index (χ3v) is 4.05. The molecule has 0 aliphatic carbocycles. The lowest BCUT2D eigenvalue weighted by Gasteiger charge is -2.09. The maximum atomic E-state index is 12.0. The van der Waals surface area contributed by atoms with Gasteiger partial charge in [0.25, 0.3) is 0 Å². The van der Waals surface area contributed by atoms with Crippen molar-refractivity contribution in [2.75, 3.05) is 6.54 Å². The Morgan fingerprint density at radius 3 is 2.50 bits per heavy atom. The highest BCUT2D eigenvalue weighted by atomic mass is 32.2. The average molecular weight is 264 g/mol. The summed E-state index contributed by atoms with van der Waals surface area (Å²) in [5.74, 6) is 0. The lowest BCUT2D eigenvalue weighted by molar-refractivity contribution is 0.574. The van der Waals surface area contributed by atoms with Crippen LogP contribution in [0.2, 0.25) is 0 Å². The molecule has 0 aliphatic rings. The maximum Gasteiger partial charge on any atom is 0.240 e. The molecule has 4 nitrogen and oxygen atoms in total. The van der Waals surface area contributed by atoms with Gasteiger partial charge in [-0.1, -0.05) is 30.3 Å². The number of nitrogens with two attached hydrogens (primary N) is 1. The highest BCUT2D eigenvalue weighted by Crippen LogP contribution is 2.18. The van der Waals surface area contributed by atoms with Crippen LogP contribution in [0.3, 0.4) is 0 Å². The molecule has 0 amide bonds. The molecule has 0 heterocycles. The number of hydrogen-bond donors (Lipinski definition) is 2. The van der Waals surface area contributed by atoms with Gasteiger partial charge in [-0.2, -0.15) is 0 Å². The van der Waals surface area contributed by atoms with Crippen LogP contribution < -0.4 is 10.5 Å². The molecule has 1 unspecified atom stereocenters. The first-order valence-electron chi connectivity index (χ1n) is 5.73. The predicted octanol–water partition coefficient (Wildman–Crippen LogP) is 1.47. The summed E-state index contributed by atoms with van der Waals surface area (Å²) in [6, 6.07) is 12.5. The minimum atomic E-state index is -3.48. The van der Waals surface area contributed by atoms with E-state index in [2.05, 4.69) is 4.72 Å². The highest BCUT2D eigenvalue weighted by molar-refractivity contribution is 7.89. The highest BCUT2D eigenvalue weighted by Gasteiger charge is 2.14. The quantitative estimate of drug-likeness (QED) is 0.878. The van der Waals surface area contributed by atoms with Crippen molar-refractivity contribution in [1.82, 2.24) is 4.72 Å². The van der Waals surface area contributed by atoms with Crippen molar-refractivity contribution in [3.8, 4) is 0 Å². The van der Waals surface area contributed by atoms with Crippen LogP contribution in [-0.4, -0.2) is 21.0 Å². The molecule has 96 valence electrons. The van der Waals surface area contributed by atoms with E-state index in [0.29, 0.717) is 0 Å². The van der Waals surface area contributed by atoms with Crippen molar-refractivity contribution in [2.45, 2.75) is 17.9 Å². The van der Waals surface area contributed by atoms with Gasteiger partial charge in [-0.05, 0) is 29.8 Å². The number of nitrogens with one attached hydrogen (secondary N) is 1. The molecular formula is C13H16N2O2S. The number of sulfonamides is 1. The molecule has 0 fully saturated rings. The van der Waals surface area contributed by atoms with Gasteiger partial charge in [-0.25, -0.2) is 13.1 Å². The van der Waals surface area contributed by atoms with Crippen LogP contribution >= 0.6 is 0 Å². The second kappa shape index (κ2) is 5.06. The number of hydrogen-bond acceptors (Lipinski definition) is 3. The Bertz CT molecular complexity index is 651. The molecule has 1 atom stereocenters. The van der Waals surface area contributed by atoms with Crippen LogP contribution in [-0.2, 0) is 10.0 Å². The van der Waals surface area contributed by atoms with E-state index in [-0.39, 0.29) is 17.5 Å². The lowest BCUT2D eigenvalue weighted by Crippen LogP contribution is -2.35. The molecule has 0 aromatic heterocycles. The van der Waals surface area contributed by atoms with Gasteiger partial charge in [0.1, 0.15) is 0 Å². The topological polar surface area (TPSA) is 72.2 Å². The van der Waals surface area contributed by atoms with Gasteiger partial charge in [-0.15, -0.1) is 0 Å². The van der Waals surface area contributed by atoms with E-state index in [1.54, 1.807) is 25.1 Å². The first-order valence-corrected chi connectivity index (χ1v) is 7.21. The van der Waals surface area contributed by atoms with Crippen molar-refractivity contribution in [2.24, 2.45) is 5.73 Å². The molecule has 2 aromatic rings. The Balaban J connectivity index is 2.35. The Morgan fingerprint density at radius 2 is 1.83 bits per heavy atom. The molecule has 0 spiro atoms. The van der Waals surface area contributed by atoms with Gasteiger partial charge in [0.05, 0.1) is 4.90 Å². The first kappa shape index (κ1) is 13.0. The summed E-state index contributed by atoms with van der Waals surface area (Å²) in [5.41, 5.74) is 5.54. The van der Waals surface area contributed by atoms with E-state index in [9.17, 15) is 8.42 Å². The minimum Gasteiger partial charge on any atom is -0.327 e. The molecule has 3 N–H and O–H groups in total. The molecular weight excluding hydrogens is 248 g/mol. The second-order valence-corrected chi connectivity index (χ2v) is 6.11. The van der Waals surface area contributed by atoms with Crippen LogP contribution in [0.25, 0.3) is 10.8 Å². The first-order chi connectivity index (χ1) is 8.49. The summed E-state index contributed by atoms with van der Waals surface area (Å²) in [5, 5.41) is 1.92. The van der Waals surface area contributed by atoms with Crippen molar-refractivity contribution in [1.29, 1.82) is 0 Å². The summed E-state index contributed by atoms with van der Waals surface area (Å²) in [4.78, 5) is 0.266. The SMILES string of the molecule is CC(N)CNS(=O)(=O)c1ccc2ccccc2c1. The van der Waals surface area contributed by atoms with Gasteiger partial charge >= 0.3 is 0 Å². The number of benzene rings is 2. The van der Waals surface area contributed by atoms with E-state index < -0.39 is 10.0 Å². The monoisotopic (exact) mass is 264 g/mol. The Kier molecular flexibility index (Phi) is 3.65. The third kappa shape index (κ3) is 2.87. The van der Waals surface area contributed by atoms with E-state index in [4.69, 9.17) is 5.73 Å². The summed E-state index contributed by atoms with van der Waals surface area (Å²) in [7, 11) is -3.48. The van der Waals surface area contributed by atoms with Crippen molar-refractivity contribution in [3.63, 3.8) is 0 Å². The van der Waals surface area contributed by atoms with Gasteiger partial charge in [0.2, 0.25) is 10.0 Å². The largest absolute Gasteiger partial charge is 0.327 e. The van der Waals surface area contributed by atoms with Gasteiger partial charge in [0, 0.05) is 12.6 Å². The standard InChI is InChI=1S/C13H16N2O2S/c1-10(14)9-15-18(16,17)13-7-6-11-4-2-3-5-12(11)8-13/h2-8,10,15H,9,14H2,1H3. The van der Waals surface area contributed by atoms with Crippen molar-refractivity contribution in [3.05, 3.63) is 42.5 Å². The fourth-order valence-corrected chi connectivity index (χ4v) is 2.84. The van der Waals surface area contributed by atoms with Crippen LogP contribution in [0.1, 0.15) is 6.92 Å². The molecule has 18 heavy (non-hydrogen) atoms. The molecule has 2 aromatic carbocycles. The summed E-state index contributed by atoms with van der Waals surface area (Å²) in [6.45, 7) is 1.98. The Hall–Kier alpha value is -1.43. The molecule has 5 heteroatoms. The fraction of sp³-hybridized carbons (Fsp3) is 0.231. The Labute approximate surface area is 107 Å². The fourth-order valence-electron chi connectivity index (χ4n) is 1.66. The smallest absolute Gasteiger partial charge is 0.240 e. The molecule has 2 rings (SSSR count). The second-order valence-electron chi connectivity index (χ2n) is 4.34. The van der Waals surface area contributed by atoms with Crippen LogP contribution in [0.15, 0.2) is 47.4 Å². The van der Waals surface area contributed by atoms with E-state index >= 15 is 0 Å². The third-order valence-electron chi connectivity index (χ3n) is 2.63. The maximum absolute atomic E-state index is 12.0. The summed E-state index contributed by atoms with van der Waals surface area (Å²) in [6.07, 6.45) is 0. The van der Waals surface area contributed by atoms with Crippen LogP contribution in [0.5, 0.6) is 0 Å². The lowest BCUT2D eigenvalue weighted by atomic mass is 10.1. The van der Waals surface area contributed by atoms with Crippen molar-refractivity contribution < 1.29 is 8.42 Å². The van der Waals surface area contributed by atoms with Gasteiger partial charge < -0.3 is 5.73 Å². The molecule has 0 aliphatic heterocycles. The molecule has 0 bridgehead atoms. The van der Waals surface area contributed by atoms with Gasteiger partial charge in [0.15, 0.2) is 0 Å². The van der Waals surface area contributed by atoms with Crippen molar-refractivity contribution >= 4 is 20.8 Å². The van der Waals surface area contributed by atoms with E-state index in [1.807, 2.05) is 24.3 Å². The minimum absolute atomic E-state index is 0.208. The zero-order valence-corrected chi connectivity index (χ0v) is 10.9. The normalized spacial score (nSPS) is 13.7. The Morgan fingerprint density at radius 1 is 1.17 bits per heavy atom. The zero-order valence-electron chi connectivity index (χ0n) is 10.1.